The predicted molar refractivity (Wildman–Crippen MR) is 83.6 cm³/mol. The fourth-order valence-corrected chi connectivity index (χ4v) is 3.37. The van der Waals surface area contributed by atoms with E-state index in [0.717, 1.165) is 24.1 Å². The summed E-state index contributed by atoms with van der Waals surface area (Å²) in [5, 5.41) is 5.36. The molecule has 0 saturated heterocycles. The number of esters is 1. The van der Waals surface area contributed by atoms with Gasteiger partial charge in [0.2, 0.25) is 5.83 Å². The van der Waals surface area contributed by atoms with Crippen molar-refractivity contribution in [3.8, 4) is 0 Å². The van der Waals surface area contributed by atoms with E-state index in [1.807, 2.05) is 0 Å². The number of fused-ring (bicyclic) bond motifs is 1. The van der Waals surface area contributed by atoms with Gasteiger partial charge in [0.25, 0.3) is 0 Å². The molecule has 0 bridgehead atoms. The normalized spacial score (nSPS) is 12.5. The minimum absolute atomic E-state index is 0.377. The maximum atomic E-state index is 13.4. The van der Waals surface area contributed by atoms with Gasteiger partial charge < -0.3 is 4.74 Å². The number of benzene rings is 1. The Labute approximate surface area is 128 Å². The first-order valence-electron chi connectivity index (χ1n) is 5.07. The third-order valence-corrected chi connectivity index (χ3v) is 4.56. The van der Waals surface area contributed by atoms with Crippen LogP contribution in [-0.4, -0.2) is 22.6 Å². The smallest absolute Gasteiger partial charge is 0.366 e. The lowest BCUT2D eigenvalue weighted by Crippen LogP contribution is -1.99. The van der Waals surface area contributed by atoms with Gasteiger partial charge in [-0.05, 0) is 45.8 Å². The van der Waals surface area contributed by atoms with Crippen molar-refractivity contribution >= 4 is 63.0 Å². The highest BCUT2D eigenvalue weighted by atomic mass is 127. The number of hydrogen-bond acceptors (Lipinski definition) is 3. The van der Waals surface area contributed by atoms with Gasteiger partial charge in [0.15, 0.2) is 5.15 Å². The second-order valence-electron chi connectivity index (χ2n) is 3.55. The summed E-state index contributed by atoms with van der Waals surface area (Å²) in [5.41, 5.74) is 1.34. The van der Waals surface area contributed by atoms with Crippen LogP contribution >= 0.6 is 40.0 Å². The number of aromatic nitrogens is 2. The first kappa shape index (κ1) is 14.7. The summed E-state index contributed by atoms with van der Waals surface area (Å²) in [4.78, 5) is 11.0. The van der Waals surface area contributed by atoms with E-state index in [9.17, 15) is 9.18 Å². The van der Waals surface area contributed by atoms with Crippen molar-refractivity contribution in [1.82, 2.24) is 9.55 Å². The topological polar surface area (TPSA) is 44.1 Å². The van der Waals surface area contributed by atoms with E-state index in [2.05, 4.69) is 31.9 Å². The summed E-state index contributed by atoms with van der Waals surface area (Å²) in [6, 6.07) is 5.13. The van der Waals surface area contributed by atoms with Crippen molar-refractivity contribution in [3.05, 3.63) is 34.7 Å². The zero-order valence-corrected chi connectivity index (χ0v) is 13.6. The molecule has 0 aliphatic carbocycles. The molecule has 0 N–H and O–H groups in total. The van der Waals surface area contributed by atoms with E-state index in [0.29, 0.717) is 17.1 Å². The van der Waals surface area contributed by atoms with Crippen LogP contribution in [0.3, 0.4) is 0 Å². The average Bonchev–Trinajstić information content (AvgIpc) is 2.74. The Morgan fingerprint density at radius 3 is 3.00 bits per heavy atom. The SMILES string of the molecule is COC(=O)/C(F)=C/c1ccc2c(Cl)nn(PI)c2c1. The molecule has 100 valence electrons. The molecule has 0 fully saturated rings. The highest BCUT2D eigenvalue weighted by molar-refractivity contribution is 14.2. The molecule has 0 aliphatic heterocycles. The van der Waals surface area contributed by atoms with Crippen LogP contribution in [0.25, 0.3) is 17.0 Å². The average molecular weight is 413 g/mol. The molecule has 1 atom stereocenters. The number of rotatable bonds is 3. The molecule has 0 saturated carbocycles. The third kappa shape index (κ3) is 3.07. The zero-order valence-electron chi connectivity index (χ0n) is 9.65. The molecule has 0 aliphatic rings. The van der Waals surface area contributed by atoms with E-state index < -0.39 is 11.8 Å². The quantitative estimate of drug-likeness (QED) is 0.332. The van der Waals surface area contributed by atoms with Gasteiger partial charge >= 0.3 is 5.97 Å². The molecule has 1 aromatic heterocycles. The van der Waals surface area contributed by atoms with Crippen molar-refractivity contribution < 1.29 is 13.9 Å². The van der Waals surface area contributed by atoms with Crippen LogP contribution in [0.2, 0.25) is 5.15 Å². The van der Waals surface area contributed by atoms with Gasteiger partial charge in [0, 0.05) is 5.39 Å². The minimum Gasteiger partial charge on any atom is -0.464 e. The maximum Gasteiger partial charge on any atom is 0.366 e. The molecule has 8 heteroatoms. The summed E-state index contributed by atoms with van der Waals surface area (Å²) >= 11 is 8.17. The Morgan fingerprint density at radius 2 is 2.37 bits per heavy atom. The van der Waals surface area contributed by atoms with Crippen molar-refractivity contribution in [2.24, 2.45) is 0 Å². The Bertz CT molecular complexity index is 674. The Balaban J connectivity index is 2.49. The lowest BCUT2D eigenvalue weighted by Gasteiger charge is -1.99. The van der Waals surface area contributed by atoms with Crippen LogP contribution < -0.4 is 0 Å². The number of carbonyl (C=O) groups is 1. The number of nitrogens with zero attached hydrogens (tertiary/aromatic N) is 2. The summed E-state index contributed by atoms with van der Waals surface area (Å²) in [7, 11) is 1.13. The van der Waals surface area contributed by atoms with Crippen LogP contribution in [0.15, 0.2) is 24.0 Å². The number of hydrogen-bond donors (Lipinski definition) is 0. The fraction of sp³-hybridized carbons (Fsp3) is 0.0909. The number of ether oxygens (including phenoxy) is 1. The van der Waals surface area contributed by atoms with E-state index in [-0.39, 0.29) is 0 Å². The molecule has 2 aromatic rings. The molecule has 1 aromatic carbocycles. The third-order valence-electron chi connectivity index (χ3n) is 2.41. The lowest BCUT2D eigenvalue weighted by atomic mass is 10.1. The molecule has 0 amide bonds. The molecule has 0 spiro atoms. The van der Waals surface area contributed by atoms with Gasteiger partial charge in [-0.1, -0.05) is 17.7 Å². The Kier molecular flexibility index (Phi) is 4.76. The van der Waals surface area contributed by atoms with Crippen LogP contribution in [0, 0.1) is 0 Å². The van der Waals surface area contributed by atoms with Crippen LogP contribution in [0.4, 0.5) is 4.39 Å². The molecule has 4 nitrogen and oxygen atoms in total. The second-order valence-corrected chi connectivity index (χ2v) is 5.95. The number of carbonyl (C=O) groups excluding carboxylic acids is 1. The van der Waals surface area contributed by atoms with Gasteiger partial charge in [0.1, 0.15) is 0 Å². The largest absolute Gasteiger partial charge is 0.464 e. The number of methoxy groups -OCH3 is 1. The molecular formula is C11H8ClFIN2O2P. The summed E-state index contributed by atoms with van der Waals surface area (Å²) in [6.45, 7) is 0. The molecule has 1 heterocycles. The molecule has 0 radical (unpaired) electrons. The van der Waals surface area contributed by atoms with Crippen LogP contribution in [0.1, 0.15) is 5.56 Å². The first-order chi connectivity index (χ1) is 9.06. The molecular weight excluding hydrogens is 404 g/mol. The van der Waals surface area contributed by atoms with Gasteiger partial charge in [-0.2, -0.15) is 9.49 Å². The summed E-state index contributed by atoms with van der Waals surface area (Å²) < 4.78 is 19.4. The lowest BCUT2D eigenvalue weighted by molar-refractivity contribution is -0.137. The highest BCUT2D eigenvalue weighted by Crippen LogP contribution is 2.33. The van der Waals surface area contributed by atoms with Gasteiger partial charge in [0.05, 0.1) is 19.0 Å². The van der Waals surface area contributed by atoms with Crippen molar-refractivity contribution in [3.63, 3.8) is 0 Å². The molecule has 1 unspecified atom stereocenters. The zero-order chi connectivity index (χ0) is 14.0. The second kappa shape index (κ2) is 6.15. The predicted octanol–water partition coefficient (Wildman–Crippen LogP) is 3.96. The van der Waals surface area contributed by atoms with Gasteiger partial charge in [-0.3, -0.25) is 0 Å². The Morgan fingerprint density at radius 1 is 1.63 bits per heavy atom. The van der Waals surface area contributed by atoms with Gasteiger partial charge in [-0.25, -0.2) is 9.25 Å². The standard InChI is InChI=1S/C11H8ClFIN2O2P/c1-18-11(17)8(13)4-6-2-3-7-9(5-6)16(19-14)15-10(7)12/h2-5,19H,1H3/b8-4-. The number of halogens is 3. The fourth-order valence-electron chi connectivity index (χ4n) is 1.55. The first-order valence-corrected chi connectivity index (χ1v) is 9.51. The monoisotopic (exact) mass is 412 g/mol. The summed E-state index contributed by atoms with van der Waals surface area (Å²) in [5.74, 6) is -1.95. The minimum atomic E-state index is -0.998. The van der Waals surface area contributed by atoms with Crippen molar-refractivity contribution in [1.29, 1.82) is 0 Å². The highest BCUT2D eigenvalue weighted by Gasteiger charge is 2.11. The summed E-state index contributed by atoms with van der Waals surface area (Å²) in [6.07, 6.45) is 1.50. The molecule has 2 rings (SSSR count). The Hall–Kier alpha value is -0.720. The van der Waals surface area contributed by atoms with Crippen LogP contribution in [-0.2, 0) is 9.53 Å². The van der Waals surface area contributed by atoms with Crippen molar-refractivity contribution in [2.45, 2.75) is 0 Å². The van der Waals surface area contributed by atoms with Crippen molar-refractivity contribution in [2.75, 3.05) is 7.11 Å². The van der Waals surface area contributed by atoms with Gasteiger partial charge in [-0.15, -0.1) is 0 Å². The van der Waals surface area contributed by atoms with E-state index in [1.165, 1.54) is 0 Å². The maximum absolute atomic E-state index is 13.4. The van der Waals surface area contributed by atoms with E-state index in [4.69, 9.17) is 11.6 Å². The molecule has 19 heavy (non-hydrogen) atoms. The van der Waals surface area contributed by atoms with E-state index in [1.54, 1.807) is 22.7 Å². The van der Waals surface area contributed by atoms with E-state index >= 15 is 0 Å². The van der Waals surface area contributed by atoms with Crippen LogP contribution in [0.5, 0.6) is 0 Å².